The fourth-order valence-electron chi connectivity index (χ4n) is 2.99. The molecule has 5 heteroatoms. The van der Waals surface area contributed by atoms with Crippen molar-refractivity contribution < 1.29 is 14.3 Å². The van der Waals surface area contributed by atoms with Crippen LogP contribution in [0.3, 0.4) is 0 Å². The zero-order valence-electron chi connectivity index (χ0n) is 17.3. The summed E-state index contributed by atoms with van der Waals surface area (Å²) < 4.78 is 10.7. The van der Waals surface area contributed by atoms with Gasteiger partial charge in [-0.05, 0) is 69.6 Å². The van der Waals surface area contributed by atoms with E-state index in [1.165, 1.54) is 5.56 Å². The van der Waals surface area contributed by atoms with Crippen molar-refractivity contribution in [3.63, 3.8) is 0 Å². The molecule has 0 spiro atoms. The van der Waals surface area contributed by atoms with Crippen molar-refractivity contribution >= 4 is 11.6 Å². The molecule has 0 aliphatic rings. The summed E-state index contributed by atoms with van der Waals surface area (Å²) in [5, 5.41) is 3.03. The predicted molar refractivity (Wildman–Crippen MR) is 110 cm³/mol. The lowest BCUT2D eigenvalue weighted by Gasteiger charge is -2.25. The number of aryl methyl sites for hydroxylation is 3. The maximum absolute atomic E-state index is 12.7. The molecule has 0 saturated carbocycles. The minimum absolute atomic E-state index is 0.0254. The van der Waals surface area contributed by atoms with E-state index in [2.05, 4.69) is 11.4 Å². The Balaban J connectivity index is 2.10. The third-order valence-corrected chi connectivity index (χ3v) is 4.94. The molecule has 2 aromatic rings. The van der Waals surface area contributed by atoms with Gasteiger partial charge in [0, 0.05) is 12.2 Å². The zero-order chi connectivity index (χ0) is 20.1. The van der Waals surface area contributed by atoms with E-state index in [4.69, 9.17) is 9.47 Å². The number of methoxy groups -OCH3 is 2. The number of nitrogens with one attached hydrogen (secondary N) is 1. The molecule has 1 amide bonds. The monoisotopic (exact) mass is 370 g/mol. The lowest BCUT2D eigenvalue weighted by molar-refractivity contribution is -0.120. The standard InChI is InChI=1S/C22H30N2O3/c1-14-8-9-19(16(3)10-14)23-22(25)17(4)24(5)13-18-12-21(27-7)20(26-6)11-15(18)2/h8-12,17H,13H2,1-7H3,(H,23,25)/t17-/m0/s1. The summed E-state index contributed by atoms with van der Waals surface area (Å²) >= 11 is 0. The van der Waals surface area contributed by atoms with Crippen LogP contribution in [0.5, 0.6) is 11.5 Å². The van der Waals surface area contributed by atoms with Gasteiger partial charge in [-0.25, -0.2) is 0 Å². The quantitative estimate of drug-likeness (QED) is 0.798. The third kappa shape index (κ3) is 5.01. The largest absolute Gasteiger partial charge is 0.493 e. The summed E-state index contributed by atoms with van der Waals surface area (Å²) in [7, 11) is 5.20. The molecule has 0 aliphatic heterocycles. The van der Waals surface area contributed by atoms with Crippen LogP contribution in [0.1, 0.15) is 29.2 Å². The van der Waals surface area contributed by atoms with Crippen LogP contribution >= 0.6 is 0 Å². The maximum atomic E-state index is 12.7. The van der Waals surface area contributed by atoms with E-state index in [-0.39, 0.29) is 11.9 Å². The Bertz CT molecular complexity index is 817. The van der Waals surface area contributed by atoms with Crippen LogP contribution in [0.4, 0.5) is 5.69 Å². The number of anilines is 1. The molecule has 5 nitrogen and oxygen atoms in total. The number of carbonyl (C=O) groups is 1. The molecule has 2 aromatic carbocycles. The molecule has 0 unspecified atom stereocenters. The van der Waals surface area contributed by atoms with Crippen molar-refractivity contribution in [2.75, 3.05) is 26.6 Å². The smallest absolute Gasteiger partial charge is 0.241 e. The highest BCUT2D eigenvalue weighted by Crippen LogP contribution is 2.31. The number of hydrogen-bond acceptors (Lipinski definition) is 4. The minimum Gasteiger partial charge on any atom is -0.493 e. The van der Waals surface area contributed by atoms with Gasteiger partial charge in [0.1, 0.15) is 0 Å². The van der Waals surface area contributed by atoms with Gasteiger partial charge in [-0.1, -0.05) is 17.7 Å². The van der Waals surface area contributed by atoms with E-state index in [9.17, 15) is 4.79 Å². The Morgan fingerprint density at radius 3 is 2.26 bits per heavy atom. The third-order valence-electron chi connectivity index (χ3n) is 4.94. The summed E-state index contributed by atoms with van der Waals surface area (Å²) in [5.74, 6) is 1.38. The molecular formula is C22H30N2O3. The first-order chi connectivity index (χ1) is 12.8. The lowest BCUT2D eigenvalue weighted by atomic mass is 10.1. The number of ether oxygens (including phenoxy) is 2. The van der Waals surface area contributed by atoms with Gasteiger partial charge in [0.15, 0.2) is 11.5 Å². The fraction of sp³-hybridized carbons (Fsp3) is 0.409. The van der Waals surface area contributed by atoms with E-state index >= 15 is 0 Å². The number of amides is 1. The molecule has 0 fully saturated rings. The Morgan fingerprint density at radius 2 is 1.67 bits per heavy atom. The SMILES string of the molecule is COc1cc(C)c(CN(C)[C@@H](C)C(=O)Nc2ccc(C)cc2C)cc1OC. The van der Waals surface area contributed by atoms with E-state index in [1.807, 2.05) is 63.9 Å². The van der Waals surface area contributed by atoms with Crippen molar-refractivity contribution in [2.45, 2.75) is 40.3 Å². The Hall–Kier alpha value is -2.53. The van der Waals surface area contributed by atoms with E-state index in [0.29, 0.717) is 18.0 Å². The van der Waals surface area contributed by atoms with Crippen molar-refractivity contribution in [1.82, 2.24) is 4.90 Å². The number of likely N-dealkylation sites (N-methyl/N-ethyl adjacent to an activating group) is 1. The van der Waals surface area contributed by atoms with Crippen LogP contribution in [0.15, 0.2) is 30.3 Å². The number of nitrogens with zero attached hydrogens (tertiary/aromatic N) is 1. The summed E-state index contributed by atoms with van der Waals surface area (Å²) in [6.45, 7) is 8.62. The normalized spacial score (nSPS) is 12.0. The molecule has 0 aliphatic carbocycles. The van der Waals surface area contributed by atoms with Crippen LogP contribution < -0.4 is 14.8 Å². The molecule has 0 bridgehead atoms. The topological polar surface area (TPSA) is 50.8 Å². The van der Waals surface area contributed by atoms with Crippen LogP contribution in [0.2, 0.25) is 0 Å². The first kappa shape index (κ1) is 20.8. The maximum Gasteiger partial charge on any atom is 0.241 e. The summed E-state index contributed by atoms with van der Waals surface area (Å²) in [6, 6.07) is 9.68. The second-order valence-corrected chi connectivity index (χ2v) is 7.03. The van der Waals surface area contributed by atoms with Crippen LogP contribution in [-0.2, 0) is 11.3 Å². The molecule has 27 heavy (non-hydrogen) atoms. The highest BCUT2D eigenvalue weighted by molar-refractivity contribution is 5.95. The van der Waals surface area contributed by atoms with Gasteiger partial charge >= 0.3 is 0 Å². The van der Waals surface area contributed by atoms with Crippen molar-refractivity contribution in [3.05, 3.63) is 52.6 Å². The average molecular weight is 370 g/mol. The van der Waals surface area contributed by atoms with Gasteiger partial charge in [-0.3, -0.25) is 9.69 Å². The number of hydrogen-bond donors (Lipinski definition) is 1. The second-order valence-electron chi connectivity index (χ2n) is 7.03. The van der Waals surface area contributed by atoms with Crippen molar-refractivity contribution in [3.8, 4) is 11.5 Å². The van der Waals surface area contributed by atoms with E-state index in [0.717, 1.165) is 22.4 Å². The molecule has 0 radical (unpaired) electrons. The van der Waals surface area contributed by atoms with Gasteiger partial charge in [-0.2, -0.15) is 0 Å². The van der Waals surface area contributed by atoms with Gasteiger partial charge in [-0.15, -0.1) is 0 Å². The average Bonchev–Trinajstić information content (AvgIpc) is 2.64. The zero-order valence-corrected chi connectivity index (χ0v) is 17.3. The summed E-state index contributed by atoms with van der Waals surface area (Å²) in [4.78, 5) is 14.7. The second kappa shape index (κ2) is 8.91. The predicted octanol–water partition coefficient (Wildman–Crippen LogP) is 4.09. The minimum atomic E-state index is -0.279. The number of carbonyl (C=O) groups excluding carboxylic acids is 1. The molecule has 0 aromatic heterocycles. The van der Waals surface area contributed by atoms with E-state index in [1.54, 1.807) is 14.2 Å². The van der Waals surface area contributed by atoms with Gasteiger partial charge in [0.05, 0.1) is 20.3 Å². The van der Waals surface area contributed by atoms with Crippen LogP contribution in [-0.4, -0.2) is 38.1 Å². The molecule has 1 atom stereocenters. The first-order valence-electron chi connectivity index (χ1n) is 9.06. The molecule has 2 rings (SSSR count). The van der Waals surface area contributed by atoms with Crippen molar-refractivity contribution in [2.24, 2.45) is 0 Å². The number of rotatable bonds is 7. The molecule has 0 heterocycles. The summed E-state index contributed by atoms with van der Waals surface area (Å²) in [6.07, 6.45) is 0. The molecule has 146 valence electrons. The lowest BCUT2D eigenvalue weighted by Crippen LogP contribution is -2.39. The number of benzene rings is 2. The summed E-state index contributed by atoms with van der Waals surface area (Å²) in [5.41, 5.74) is 5.30. The van der Waals surface area contributed by atoms with Crippen LogP contribution in [0, 0.1) is 20.8 Å². The Kier molecular flexibility index (Phi) is 6.86. The van der Waals surface area contributed by atoms with Crippen molar-refractivity contribution in [1.29, 1.82) is 0 Å². The highest BCUT2D eigenvalue weighted by atomic mass is 16.5. The van der Waals surface area contributed by atoms with Gasteiger partial charge in [0.2, 0.25) is 5.91 Å². The fourth-order valence-corrected chi connectivity index (χ4v) is 2.99. The first-order valence-corrected chi connectivity index (χ1v) is 9.06. The van der Waals surface area contributed by atoms with Crippen LogP contribution in [0.25, 0.3) is 0 Å². The van der Waals surface area contributed by atoms with Gasteiger partial charge in [0.25, 0.3) is 0 Å². The van der Waals surface area contributed by atoms with E-state index < -0.39 is 0 Å². The Labute approximate surface area is 162 Å². The molecule has 0 saturated heterocycles. The molecular weight excluding hydrogens is 340 g/mol. The van der Waals surface area contributed by atoms with Gasteiger partial charge < -0.3 is 14.8 Å². The molecule has 1 N–H and O–H groups in total. The highest BCUT2D eigenvalue weighted by Gasteiger charge is 2.20. The Morgan fingerprint density at radius 1 is 1.04 bits per heavy atom.